The van der Waals surface area contributed by atoms with E-state index in [1.807, 2.05) is 0 Å². The molecule has 0 bridgehead atoms. The number of anilines is 1. The highest BCUT2D eigenvalue weighted by Crippen LogP contribution is 2.30. The molecule has 2 fully saturated rings. The van der Waals surface area contributed by atoms with Gasteiger partial charge in [0, 0.05) is 30.3 Å². The van der Waals surface area contributed by atoms with Crippen LogP contribution in [0.2, 0.25) is 0 Å². The molecule has 7 heteroatoms. The molecule has 0 aromatic heterocycles. The lowest BCUT2D eigenvalue weighted by atomic mass is 10.1. The van der Waals surface area contributed by atoms with Crippen LogP contribution in [0, 0.1) is 5.92 Å². The number of amides is 2. The second-order valence-electron chi connectivity index (χ2n) is 7.59. The van der Waals surface area contributed by atoms with Crippen molar-refractivity contribution >= 4 is 29.3 Å². The van der Waals surface area contributed by atoms with Crippen molar-refractivity contribution in [3.63, 3.8) is 0 Å². The number of Topliss-reactive ketones (excluding diaryl/α,β-unsaturated/α-hetero) is 1. The summed E-state index contributed by atoms with van der Waals surface area (Å²) in [6.45, 7) is 3.35. The van der Waals surface area contributed by atoms with Crippen LogP contribution >= 0.6 is 0 Å². The van der Waals surface area contributed by atoms with Gasteiger partial charge in [0.05, 0.1) is 5.92 Å². The van der Waals surface area contributed by atoms with Gasteiger partial charge >= 0.3 is 5.97 Å². The van der Waals surface area contributed by atoms with E-state index in [0.717, 1.165) is 25.7 Å². The number of carbonyl (C=O) groups excluding carboxylic acids is 4. The van der Waals surface area contributed by atoms with Crippen molar-refractivity contribution < 1.29 is 23.9 Å². The van der Waals surface area contributed by atoms with E-state index in [-0.39, 0.29) is 24.2 Å². The van der Waals surface area contributed by atoms with Crippen LogP contribution in [0.15, 0.2) is 24.3 Å². The number of benzene rings is 1. The first-order valence-electron chi connectivity index (χ1n) is 9.77. The number of rotatable bonds is 6. The lowest BCUT2D eigenvalue weighted by Gasteiger charge is -2.24. The van der Waals surface area contributed by atoms with Crippen molar-refractivity contribution in [3.05, 3.63) is 29.8 Å². The van der Waals surface area contributed by atoms with Gasteiger partial charge in [-0.25, -0.2) is 0 Å². The Kier molecular flexibility index (Phi) is 6.11. The monoisotopic (exact) mass is 386 g/mol. The van der Waals surface area contributed by atoms with Gasteiger partial charge in [0.1, 0.15) is 0 Å². The smallest absolute Gasteiger partial charge is 0.312 e. The lowest BCUT2D eigenvalue weighted by Crippen LogP contribution is -2.36. The number of ether oxygens (including phenoxy) is 1. The third-order valence-corrected chi connectivity index (χ3v) is 5.48. The van der Waals surface area contributed by atoms with Gasteiger partial charge < -0.3 is 15.0 Å². The second kappa shape index (κ2) is 8.54. The third-order valence-electron chi connectivity index (χ3n) is 5.48. The first-order chi connectivity index (χ1) is 13.3. The van der Waals surface area contributed by atoms with E-state index in [2.05, 4.69) is 5.32 Å². The summed E-state index contributed by atoms with van der Waals surface area (Å²) in [6, 6.07) is 6.73. The molecule has 1 heterocycles. The largest absolute Gasteiger partial charge is 0.452 e. The molecule has 1 aromatic rings. The molecule has 150 valence electrons. The van der Waals surface area contributed by atoms with Crippen LogP contribution in [0.25, 0.3) is 0 Å². The van der Waals surface area contributed by atoms with Gasteiger partial charge in [-0.2, -0.15) is 0 Å². The van der Waals surface area contributed by atoms with Gasteiger partial charge in [-0.1, -0.05) is 12.8 Å². The summed E-state index contributed by atoms with van der Waals surface area (Å²) >= 11 is 0. The molecule has 2 aliphatic rings. The maximum absolute atomic E-state index is 12.4. The molecule has 1 aliphatic carbocycles. The minimum absolute atomic E-state index is 0.00323. The number of esters is 1. The Morgan fingerprint density at radius 3 is 2.39 bits per heavy atom. The SMILES string of the molecule is CC(=O)c1ccc(NC(=O)[C@H](C)OC(=O)[C@@H]2CC(=O)N(C3CCCC3)C2)cc1. The number of likely N-dealkylation sites (tertiary alicyclic amines) is 1. The van der Waals surface area contributed by atoms with E-state index < -0.39 is 23.9 Å². The topological polar surface area (TPSA) is 92.8 Å². The Bertz CT molecular complexity index is 768. The maximum Gasteiger partial charge on any atom is 0.312 e. The zero-order chi connectivity index (χ0) is 20.3. The molecule has 2 atom stereocenters. The van der Waals surface area contributed by atoms with E-state index in [1.54, 1.807) is 29.2 Å². The predicted molar refractivity (Wildman–Crippen MR) is 103 cm³/mol. The fourth-order valence-corrected chi connectivity index (χ4v) is 3.81. The summed E-state index contributed by atoms with van der Waals surface area (Å²) in [5.41, 5.74) is 1.07. The summed E-state index contributed by atoms with van der Waals surface area (Å²) in [4.78, 5) is 50.0. The summed E-state index contributed by atoms with van der Waals surface area (Å²) in [5.74, 6) is -1.54. The molecule has 0 spiro atoms. The van der Waals surface area contributed by atoms with E-state index in [0.29, 0.717) is 17.8 Å². The molecular weight excluding hydrogens is 360 g/mol. The molecule has 2 amide bonds. The van der Waals surface area contributed by atoms with Gasteiger partial charge in [0.2, 0.25) is 5.91 Å². The molecule has 28 heavy (non-hydrogen) atoms. The molecule has 1 saturated heterocycles. The molecule has 3 rings (SSSR count). The molecule has 0 radical (unpaired) electrons. The molecule has 7 nitrogen and oxygen atoms in total. The van der Waals surface area contributed by atoms with E-state index in [4.69, 9.17) is 4.74 Å². The Morgan fingerprint density at radius 1 is 1.14 bits per heavy atom. The van der Waals surface area contributed by atoms with Crippen LogP contribution in [0.1, 0.15) is 56.3 Å². The first kappa shape index (κ1) is 20.0. The van der Waals surface area contributed by atoms with E-state index in [9.17, 15) is 19.2 Å². The van der Waals surface area contributed by atoms with Crippen molar-refractivity contribution in [2.45, 2.75) is 58.1 Å². The standard InChI is InChI=1S/C21H26N2O5/c1-13(24)15-7-9-17(10-8-15)22-20(26)14(2)28-21(27)16-11-19(25)23(12-16)18-5-3-4-6-18/h7-10,14,16,18H,3-6,11-12H2,1-2H3,(H,22,26)/t14-,16+/m0/s1. The average molecular weight is 386 g/mol. The van der Waals surface area contributed by atoms with Crippen LogP contribution in [0.4, 0.5) is 5.69 Å². The number of ketones is 1. The fourth-order valence-electron chi connectivity index (χ4n) is 3.81. The molecular formula is C21H26N2O5. The highest BCUT2D eigenvalue weighted by Gasteiger charge is 2.40. The van der Waals surface area contributed by atoms with Gasteiger partial charge in [0.25, 0.3) is 5.91 Å². The van der Waals surface area contributed by atoms with Crippen molar-refractivity contribution in [2.24, 2.45) is 5.92 Å². The maximum atomic E-state index is 12.4. The van der Waals surface area contributed by atoms with Crippen LogP contribution in [0.3, 0.4) is 0 Å². The van der Waals surface area contributed by atoms with E-state index in [1.165, 1.54) is 13.8 Å². The van der Waals surface area contributed by atoms with Crippen LogP contribution < -0.4 is 5.32 Å². The number of hydrogen-bond acceptors (Lipinski definition) is 5. The quantitative estimate of drug-likeness (QED) is 0.599. The van der Waals surface area contributed by atoms with Crippen molar-refractivity contribution in [3.8, 4) is 0 Å². The fraction of sp³-hybridized carbons (Fsp3) is 0.524. The predicted octanol–water partition coefficient (Wildman–Crippen LogP) is 2.55. The number of hydrogen-bond donors (Lipinski definition) is 1. The average Bonchev–Trinajstić information content (AvgIpc) is 3.31. The Balaban J connectivity index is 1.51. The second-order valence-corrected chi connectivity index (χ2v) is 7.59. The molecule has 1 saturated carbocycles. The Hall–Kier alpha value is -2.70. The minimum Gasteiger partial charge on any atom is -0.452 e. The summed E-state index contributed by atoms with van der Waals surface area (Å²) in [5, 5.41) is 2.66. The Labute approximate surface area is 164 Å². The third kappa shape index (κ3) is 4.58. The van der Waals surface area contributed by atoms with Crippen molar-refractivity contribution in [2.75, 3.05) is 11.9 Å². The minimum atomic E-state index is -0.976. The van der Waals surface area contributed by atoms with Crippen LogP contribution in [-0.2, 0) is 19.1 Å². The van der Waals surface area contributed by atoms with Gasteiger partial charge in [-0.15, -0.1) is 0 Å². The highest BCUT2D eigenvalue weighted by molar-refractivity contribution is 5.97. The number of carbonyl (C=O) groups is 4. The van der Waals surface area contributed by atoms with Crippen molar-refractivity contribution in [1.82, 2.24) is 4.90 Å². The number of nitrogens with one attached hydrogen (secondary N) is 1. The summed E-state index contributed by atoms with van der Waals surface area (Å²) in [6.07, 6.45) is 3.40. The lowest BCUT2D eigenvalue weighted by molar-refractivity contribution is -0.157. The highest BCUT2D eigenvalue weighted by atomic mass is 16.5. The van der Waals surface area contributed by atoms with Gasteiger partial charge in [-0.3, -0.25) is 19.2 Å². The first-order valence-corrected chi connectivity index (χ1v) is 9.77. The van der Waals surface area contributed by atoms with Crippen LogP contribution in [0.5, 0.6) is 0 Å². The van der Waals surface area contributed by atoms with Crippen LogP contribution in [-0.4, -0.2) is 47.2 Å². The molecule has 1 aromatic carbocycles. The molecule has 1 aliphatic heterocycles. The Morgan fingerprint density at radius 2 is 1.79 bits per heavy atom. The summed E-state index contributed by atoms with van der Waals surface area (Å²) in [7, 11) is 0. The zero-order valence-corrected chi connectivity index (χ0v) is 16.3. The summed E-state index contributed by atoms with van der Waals surface area (Å²) < 4.78 is 5.31. The van der Waals surface area contributed by atoms with Crippen molar-refractivity contribution in [1.29, 1.82) is 0 Å². The zero-order valence-electron chi connectivity index (χ0n) is 16.3. The normalized spacial score (nSPS) is 20.9. The van der Waals surface area contributed by atoms with Gasteiger partial charge in [-0.05, 0) is 51.0 Å². The van der Waals surface area contributed by atoms with Gasteiger partial charge in [0.15, 0.2) is 11.9 Å². The molecule has 0 unspecified atom stereocenters. The number of nitrogens with zero attached hydrogens (tertiary/aromatic N) is 1. The molecule has 1 N–H and O–H groups in total. The van der Waals surface area contributed by atoms with E-state index >= 15 is 0 Å².